The summed E-state index contributed by atoms with van der Waals surface area (Å²) in [6.45, 7) is -0.201. The maximum absolute atomic E-state index is 12.0. The molecule has 0 fully saturated rings. The standard InChI is InChI=1S/C19H19N3O4/c1-21-19(25)14-5-2-13(3-6-14)4-11-18(24)22-15-7-9-16(10-8-15)26-12-17(20)23/h2-11H,12H2,1H3,(H2,20,23)(H,21,25)(H,22,24)/b11-4+. The van der Waals surface area contributed by atoms with E-state index in [1.807, 2.05) is 0 Å². The van der Waals surface area contributed by atoms with Gasteiger partial charge in [-0.05, 0) is 48.0 Å². The first-order chi connectivity index (χ1) is 12.5. The molecular formula is C19H19N3O4. The van der Waals surface area contributed by atoms with Crippen LogP contribution in [0.1, 0.15) is 15.9 Å². The lowest BCUT2D eigenvalue weighted by atomic mass is 10.1. The molecule has 0 saturated carbocycles. The van der Waals surface area contributed by atoms with Gasteiger partial charge in [0.15, 0.2) is 6.61 Å². The monoisotopic (exact) mass is 353 g/mol. The first kappa shape index (κ1) is 18.7. The van der Waals surface area contributed by atoms with Crippen LogP contribution in [-0.4, -0.2) is 31.4 Å². The number of nitrogens with one attached hydrogen (secondary N) is 2. The van der Waals surface area contributed by atoms with Crippen LogP contribution in [0.5, 0.6) is 5.75 Å². The number of anilines is 1. The molecule has 0 aliphatic heterocycles. The van der Waals surface area contributed by atoms with E-state index in [-0.39, 0.29) is 18.4 Å². The smallest absolute Gasteiger partial charge is 0.255 e. The van der Waals surface area contributed by atoms with E-state index in [0.29, 0.717) is 17.0 Å². The van der Waals surface area contributed by atoms with E-state index in [4.69, 9.17) is 10.5 Å². The average molecular weight is 353 g/mol. The minimum atomic E-state index is -0.559. The van der Waals surface area contributed by atoms with Crippen molar-refractivity contribution in [1.29, 1.82) is 0 Å². The summed E-state index contributed by atoms with van der Waals surface area (Å²) < 4.78 is 5.14. The SMILES string of the molecule is CNC(=O)c1ccc(/C=C/C(=O)Nc2ccc(OCC(N)=O)cc2)cc1. The maximum Gasteiger partial charge on any atom is 0.255 e. The van der Waals surface area contributed by atoms with Gasteiger partial charge in [-0.3, -0.25) is 14.4 Å². The van der Waals surface area contributed by atoms with Gasteiger partial charge in [0.2, 0.25) is 5.91 Å². The van der Waals surface area contributed by atoms with Crippen LogP contribution in [-0.2, 0) is 9.59 Å². The molecule has 134 valence electrons. The maximum atomic E-state index is 12.0. The minimum Gasteiger partial charge on any atom is -0.484 e. The Hall–Kier alpha value is -3.61. The first-order valence-corrected chi connectivity index (χ1v) is 7.80. The molecule has 2 aromatic rings. The molecule has 0 aliphatic carbocycles. The predicted molar refractivity (Wildman–Crippen MR) is 98.6 cm³/mol. The number of benzene rings is 2. The molecule has 4 N–H and O–H groups in total. The van der Waals surface area contributed by atoms with Crippen molar-refractivity contribution in [1.82, 2.24) is 5.32 Å². The zero-order chi connectivity index (χ0) is 18.9. The third kappa shape index (κ3) is 5.79. The van der Waals surface area contributed by atoms with E-state index in [1.54, 1.807) is 61.7 Å². The molecule has 0 bridgehead atoms. The Kier molecular flexibility index (Phi) is 6.50. The molecule has 0 aromatic heterocycles. The number of ether oxygens (including phenoxy) is 1. The largest absolute Gasteiger partial charge is 0.484 e. The van der Waals surface area contributed by atoms with Crippen LogP contribution >= 0.6 is 0 Å². The number of hydrogen-bond donors (Lipinski definition) is 3. The fraction of sp³-hybridized carbons (Fsp3) is 0.105. The zero-order valence-corrected chi connectivity index (χ0v) is 14.2. The number of rotatable bonds is 7. The lowest BCUT2D eigenvalue weighted by Crippen LogP contribution is -2.20. The Balaban J connectivity index is 1.90. The molecule has 7 heteroatoms. The van der Waals surface area contributed by atoms with Crippen molar-refractivity contribution in [2.45, 2.75) is 0 Å². The number of primary amides is 1. The highest BCUT2D eigenvalue weighted by atomic mass is 16.5. The zero-order valence-electron chi connectivity index (χ0n) is 14.2. The second-order valence-electron chi connectivity index (χ2n) is 5.30. The van der Waals surface area contributed by atoms with Gasteiger partial charge in [0.25, 0.3) is 11.8 Å². The minimum absolute atomic E-state index is 0.165. The van der Waals surface area contributed by atoms with Crippen LogP contribution in [0.25, 0.3) is 6.08 Å². The number of nitrogens with two attached hydrogens (primary N) is 1. The fourth-order valence-electron chi connectivity index (χ4n) is 2.03. The Morgan fingerprint density at radius 3 is 2.27 bits per heavy atom. The number of amides is 3. The second-order valence-corrected chi connectivity index (χ2v) is 5.30. The Labute approximate surface area is 150 Å². The molecule has 3 amide bonds. The third-order valence-corrected chi connectivity index (χ3v) is 3.33. The Morgan fingerprint density at radius 2 is 1.69 bits per heavy atom. The topological polar surface area (TPSA) is 111 Å². The molecule has 0 spiro atoms. The van der Waals surface area contributed by atoms with Crippen LogP contribution in [0.4, 0.5) is 5.69 Å². The van der Waals surface area contributed by atoms with Gasteiger partial charge in [0.1, 0.15) is 5.75 Å². The molecule has 0 unspecified atom stereocenters. The van der Waals surface area contributed by atoms with Crippen molar-refractivity contribution < 1.29 is 19.1 Å². The van der Waals surface area contributed by atoms with Crippen LogP contribution in [0.3, 0.4) is 0 Å². The summed E-state index contributed by atoms with van der Waals surface area (Å²) in [6, 6.07) is 13.4. The number of carbonyl (C=O) groups is 3. The van der Waals surface area contributed by atoms with E-state index in [0.717, 1.165) is 5.56 Å². The summed E-state index contributed by atoms with van der Waals surface area (Å²) in [5, 5.41) is 5.25. The summed E-state index contributed by atoms with van der Waals surface area (Å²) >= 11 is 0. The van der Waals surface area contributed by atoms with Gasteiger partial charge in [-0.15, -0.1) is 0 Å². The second kappa shape index (κ2) is 9.03. The highest BCUT2D eigenvalue weighted by Crippen LogP contribution is 2.15. The summed E-state index contributed by atoms with van der Waals surface area (Å²) in [7, 11) is 1.57. The lowest BCUT2D eigenvalue weighted by Gasteiger charge is -2.06. The molecule has 7 nitrogen and oxygen atoms in total. The number of hydrogen-bond acceptors (Lipinski definition) is 4. The van der Waals surface area contributed by atoms with Crippen molar-refractivity contribution in [2.24, 2.45) is 5.73 Å². The van der Waals surface area contributed by atoms with Gasteiger partial charge < -0.3 is 21.1 Å². The van der Waals surface area contributed by atoms with E-state index in [1.165, 1.54) is 6.08 Å². The fourth-order valence-corrected chi connectivity index (χ4v) is 2.03. The van der Waals surface area contributed by atoms with E-state index in [9.17, 15) is 14.4 Å². The van der Waals surface area contributed by atoms with Crippen molar-refractivity contribution in [3.8, 4) is 5.75 Å². The molecule has 2 rings (SSSR count). The highest BCUT2D eigenvalue weighted by molar-refractivity contribution is 6.02. The predicted octanol–water partition coefficient (Wildman–Crippen LogP) is 1.56. The summed E-state index contributed by atoms with van der Waals surface area (Å²) in [6.07, 6.45) is 3.04. The lowest BCUT2D eigenvalue weighted by molar-refractivity contribution is -0.120. The van der Waals surface area contributed by atoms with Gasteiger partial charge in [-0.25, -0.2) is 0 Å². The molecule has 0 saturated heterocycles. The van der Waals surface area contributed by atoms with Crippen molar-refractivity contribution in [3.63, 3.8) is 0 Å². The summed E-state index contributed by atoms with van der Waals surface area (Å²) in [5.41, 5.74) is 6.93. The molecule has 0 atom stereocenters. The molecular weight excluding hydrogens is 334 g/mol. The van der Waals surface area contributed by atoms with Gasteiger partial charge in [0.05, 0.1) is 0 Å². The Bertz CT molecular complexity index is 812. The molecule has 2 aromatic carbocycles. The molecule has 0 heterocycles. The van der Waals surface area contributed by atoms with Crippen LogP contribution in [0.2, 0.25) is 0 Å². The summed E-state index contributed by atoms with van der Waals surface area (Å²) in [4.78, 5) is 34.1. The van der Waals surface area contributed by atoms with Gasteiger partial charge in [0, 0.05) is 24.4 Å². The van der Waals surface area contributed by atoms with Crippen molar-refractivity contribution in [3.05, 3.63) is 65.7 Å². The summed E-state index contributed by atoms with van der Waals surface area (Å²) in [5.74, 6) is -0.544. The van der Waals surface area contributed by atoms with Gasteiger partial charge >= 0.3 is 0 Å². The third-order valence-electron chi connectivity index (χ3n) is 3.33. The van der Waals surface area contributed by atoms with Gasteiger partial charge in [-0.2, -0.15) is 0 Å². The van der Waals surface area contributed by atoms with Crippen LogP contribution < -0.4 is 21.1 Å². The van der Waals surface area contributed by atoms with E-state index < -0.39 is 5.91 Å². The average Bonchev–Trinajstić information content (AvgIpc) is 2.65. The molecule has 26 heavy (non-hydrogen) atoms. The first-order valence-electron chi connectivity index (χ1n) is 7.80. The van der Waals surface area contributed by atoms with Gasteiger partial charge in [-0.1, -0.05) is 12.1 Å². The highest BCUT2D eigenvalue weighted by Gasteiger charge is 2.02. The molecule has 0 aliphatic rings. The molecule has 0 radical (unpaired) electrons. The van der Waals surface area contributed by atoms with E-state index >= 15 is 0 Å². The number of carbonyl (C=O) groups excluding carboxylic acids is 3. The van der Waals surface area contributed by atoms with Crippen LogP contribution in [0.15, 0.2) is 54.6 Å². The van der Waals surface area contributed by atoms with Crippen molar-refractivity contribution in [2.75, 3.05) is 19.0 Å². The Morgan fingerprint density at radius 1 is 1.04 bits per heavy atom. The van der Waals surface area contributed by atoms with Crippen molar-refractivity contribution >= 4 is 29.5 Å². The van der Waals surface area contributed by atoms with Crippen LogP contribution in [0, 0.1) is 0 Å². The normalized spacial score (nSPS) is 10.3. The quantitative estimate of drug-likeness (QED) is 0.656. The van der Waals surface area contributed by atoms with E-state index in [2.05, 4.69) is 10.6 Å².